The van der Waals surface area contributed by atoms with Crippen LogP contribution in [0.15, 0.2) is 84.9 Å². The summed E-state index contributed by atoms with van der Waals surface area (Å²) in [7, 11) is 1.50. The number of para-hydroxylation sites is 1. The predicted molar refractivity (Wildman–Crippen MR) is 127 cm³/mol. The zero-order chi connectivity index (χ0) is 24.5. The van der Waals surface area contributed by atoms with E-state index in [0.29, 0.717) is 22.4 Å². The number of amides is 3. The molecule has 0 bridgehead atoms. The van der Waals surface area contributed by atoms with Crippen molar-refractivity contribution in [2.24, 2.45) is 5.73 Å². The number of nitrogens with one attached hydrogen (secondary N) is 2. The van der Waals surface area contributed by atoms with E-state index in [4.69, 9.17) is 10.5 Å². The molecule has 0 saturated carbocycles. The average molecular weight is 462 g/mol. The van der Waals surface area contributed by atoms with Crippen molar-refractivity contribution in [1.82, 2.24) is 10.6 Å². The molecule has 0 aromatic heterocycles. The summed E-state index contributed by atoms with van der Waals surface area (Å²) in [5, 5.41) is 16.1. The summed E-state index contributed by atoms with van der Waals surface area (Å²) in [6.45, 7) is 0. The topological polar surface area (TPSA) is 131 Å². The van der Waals surface area contributed by atoms with Crippen LogP contribution in [0.1, 0.15) is 27.5 Å². The number of nitrogens with two attached hydrogens (primary N) is 1. The number of benzene rings is 3. The molecule has 176 valence electrons. The first-order valence-corrected chi connectivity index (χ1v) is 10.7. The van der Waals surface area contributed by atoms with Gasteiger partial charge in [-0.05, 0) is 29.3 Å². The smallest absolute Gasteiger partial charge is 0.252 e. The molecule has 0 aliphatic rings. The van der Waals surface area contributed by atoms with Gasteiger partial charge in [-0.1, -0.05) is 66.7 Å². The highest BCUT2D eigenvalue weighted by molar-refractivity contribution is 5.95. The summed E-state index contributed by atoms with van der Waals surface area (Å²) >= 11 is 0. The Bertz CT molecular complexity index is 1120. The predicted octanol–water partition coefficient (Wildman–Crippen LogP) is 1.74. The van der Waals surface area contributed by atoms with E-state index in [1.165, 1.54) is 7.11 Å². The van der Waals surface area contributed by atoms with Crippen LogP contribution in [0.2, 0.25) is 0 Å². The van der Waals surface area contributed by atoms with E-state index in [1.54, 1.807) is 84.9 Å². The van der Waals surface area contributed by atoms with Crippen LogP contribution in [0.3, 0.4) is 0 Å². The molecule has 3 amide bonds. The molecule has 0 radical (unpaired) electrons. The molecule has 3 rings (SSSR count). The van der Waals surface area contributed by atoms with Gasteiger partial charge in [-0.2, -0.15) is 0 Å². The van der Waals surface area contributed by atoms with Crippen molar-refractivity contribution in [2.45, 2.75) is 24.6 Å². The Kier molecular flexibility index (Phi) is 8.37. The van der Waals surface area contributed by atoms with Crippen molar-refractivity contribution in [2.75, 3.05) is 7.11 Å². The SMILES string of the molecule is COc1ccccc1C[C@H](NC(=O)[C@H](O)[C@@H](NC(=O)c1ccccc1)c1ccccc1)C(N)=O. The fourth-order valence-electron chi connectivity index (χ4n) is 3.54. The maximum Gasteiger partial charge on any atom is 0.252 e. The number of methoxy groups -OCH3 is 1. The fourth-order valence-corrected chi connectivity index (χ4v) is 3.54. The number of aliphatic hydroxyl groups excluding tert-OH is 1. The van der Waals surface area contributed by atoms with Gasteiger partial charge < -0.3 is 26.2 Å². The van der Waals surface area contributed by atoms with Crippen molar-refractivity contribution < 1.29 is 24.2 Å². The van der Waals surface area contributed by atoms with Gasteiger partial charge in [-0.15, -0.1) is 0 Å². The van der Waals surface area contributed by atoms with Crippen LogP contribution in [0.25, 0.3) is 0 Å². The molecule has 0 spiro atoms. The zero-order valence-electron chi connectivity index (χ0n) is 18.7. The Morgan fingerprint density at radius 3 is 2.09 bits per heavy atom. The molecular weight excluding hydrogens is 434 g/mol. The van der Waals surface area contributed by atoms with E-state index in [0.717, 1.165) is 0 Å². The third-order valence-electron chi connectivity index (χ3n) is 5.34. The highest BCUT2D eigenvalue weighted by Gasteiger charge is 2.32. The number of carbonyl (C=O) groups excluding carboxylic acids is 3. The molecule has 0 unspecified atom stereocenters. The van der Waals surface area contributed by atoms with Gasteiger partial charge in [0.1, 0.15) is 11.8 Å². The highest BCUT2D eigenvalue weighted by atomic mass is 16.5. The van der Waals surface area contributed by atoms with Crippen LogP contribution >= 0.6 is 0 Å². The zero-order valence-corrected chi connectivity index (χ0v) is 18.7. The summed E-state index contributed by atoms with van der Waals surface area (Å²) in [4.78, 5) is 37.8. The van der Waals surface area contributed by atoms with Crippen molar-refractivity contribution >= 4 is 17.7 Å². The number of carbonyl (C=O) groups is 3. The number of rotatable bonds is 10. The first-order chi connectivity index (χ1) is 16.4. The minimum atomic E-state index is -1.69. The minimum absolute atomic E-state index is 0.0736. The molecule has 8 heteroatoms. The lowest BCUT2D eigenvalue weighted by molar-refractivity contribution is -0.134. The molecule has 0 fully saturated rings. The Hall–Kier alpha value is -4.17. The first-order valence-electron chi connectivity index (χ1n) is 10.7. The van der Waals surface area contributed by atoms with Crippen LogP contribution in [-0.4, -0.2) is 42.1 Å². The molecule has 0 aliphatic heterocycles. The van der Waals surface area contributed by atoms with Crippen molar-refractivity contribution in [1.29, 1.82) is 0 Å². The number of aliphatic hydroxyl groups is 1. The van der Waals surface area contributed by atoms with Crippen LogP contribution < -0.4 is 21.1 Å². The number of ether oxygens (including phenoxy) is 1. The van der Waals surface area contributed by atoms with Gasteiger partial charge in [-0.3, -0.25) is 14.4 Å². The monoisotopic (exact) mass is 461 g/mol. The van der Waals surface area contributed by atoms with E-state index in [-0.39, 0.29) is 6.42 Å². The normalized spacial score (nSPS) is 13.2. The highest BCUT2D eigenvalue weighted by Crippen LogP contribution is 2.21. The van der Waals surface area contributed by atoms with E-state index < -0.39 is 35.9 Å². The molecule has 34 heavy (non-hydrogen) atoms. The van der Waals surface area contributed by atoms with Crippen LogP contribution in [0.5, 0.6) is 5.75 Å². The first kappa shape index (κ1) is 24.5. The third kappa shape index (κ3) is 6.20. The molecule has 8 nitrogen and oxygen atoms in total. The van der Waals surface area contributed by atoms with Gasteiger partial charge in [0.25, 0.3) is 11.8 Å². The molecular formula is C26H27N3O5. The van der Waals surface area contributed by atoms with Gasteiger partial charge >= 0.3 is 0 Å². The Labute approximate surface area is 197 Å². The maximum atomic E-state index is 13.0. The van der Waals surface area contributed by atoms with Crippen LogP contribution in [0, 0.1) is 0 Å². The Balaban J connectivity index is 1.80. The minimum Gasteiger partial charge on any atom is -0.496 e. The summed E-state index contributed by atoms with van der Waals surface area (Å²) < 4.78 is 5.30. The molecule has 5 N–H and O–H groups in total. The van der Waals surface area contributed by atoms with Gasteiger partial charge in [0.05, 0.1) is 13.2 Å². The van der Waals surface area contributed by atoms with E-state index in [2.05, 4.69) is 10.6 Å². The summed E-state index contributed by atoms with van der Waals surface area (Å²) in [6.07, 6.45) is -1.61. The lowest BCUT2D eigenvalue weighted by Crippen LogP contribution is -2.52. The van der Waals surface area contributed by atoms with Gasteiger partial charge in [0, 0.05) is 12.0 Å². The second kappa shape index (κ2) is 11.6. The fraction of sp³-hybridized carbons (Fsp3) is 0.192. The van der Waals surface area contributed by atoms with E-state index in [9.17, 15) is 19.5 Å². The van der Waals surface area contributed by atoms with E-state index in [1.807, 2.05) is 0 Å². The quantitative estimate of drug-likeness (QED) is 0.365. The van der Waals surface area contributed by atoms with Crippen molar-refractivity contribution in [3.63, 3.8) is 0 Å². The van der Waals surface area contributed by atoms with Gasteiger partial charge in [0.2, 0.25) is 5.91 Å². The number of primary amides is 1. The Morgan fingerprint density at radius 1 is 0.882 bits per heavy atom. The van der Waals surface area contributed by atoms with Crippen LogP contribution in [-0.2, 0) is 16.0 Å². The van der Waals surface area contributed by atoms with Crippen LogP contribution in [0.4, 0.5) is 0 Å². The molecule has 0 heterocycles. The van der Waals surface area contributed by atoms with E-state index >= 15 is 0 Å². The molecule has 3 atom stereocenters. The second-order valence-corrected chi connectivity index (χ2v) is 7.65. The largest absolute Gasteiger partial charge is 0.496 e. The average Bonchev–Trinajstić information content (AvgIpc) is 2.87. The van der Waals surface area contributed by atoms with Crippen molar-refractivity contribution in [3.05, 3.63) is 102 Å². The maximum absolute atomic E-state index is 13.0. The lowest BCUT2D eigenvalue weighted by atomic mass is 9.99. The molecule has 0 saturated heterocycles. The molecule has 0 aliphatic carbocycles. The third-order valence-corrected chi connectivity index (χ3v) is 5.34. The second-order valence-electron chi connectivity index (χ2n) is 7.65. The summed E-state index contributed by atoms with van der Waals surface area (Å²) in [5.74, 6) is -1.53. The summed E-state index contributed by atoms with van der Waals surface area (Å²) in [5.41, 5.74) is 7.09. The standard InChI is InChI=1S/C26H27N3O5/c1-34-21-15-9-8-14-19(21)16-20(24(27)31)28-26(33)23(30)22(17-10-4-2-5-11-17)29-25(32)18-12-6-3-7-13-18/h2-15,20,22-23,30H,16H2,1H3,(H2,27,31)(H,28,33)(H,29,32)/t20-,22-,23+/m0/s1. The van der Waals surface area contributed by atoms with Gasteiger partial charge in [0.15, 0.2) is 6.10 Å². The van der Waals surface area contributed by atoms with Crippen molar-refractivity contribution in [3.8, 4) is 5.75 Å². The lowest BCUT2D eigenvalue weighted by Gasteiger charge is -2.26. The molecule has 3 aromatic rings. The Morgan fingerprint density at radius 2 is 1.47 bits per heavy atom. The van der Waals surface area contributed by atoms with Gasteiger partial charge in [-0.25, -0.2) is 0 Å². The molecule has 3 aromatic carbocycles. The number of hydrogen-bond acceptors (Lipinski definition) is 5. The number of hydrogen-bond donors (Lipinski definition) is 4. The summed E-state index contributed by atoms with van der Waals surface area (Å²) in [6, 6.07) is 22.0.